The third-order valence-electron chi connectivity index (χ3n) is 6.86. The molecule has 11 heteroatoms. The normalized spacial score (nSPS) is 15.9. The van der Waals surface area contributed by atoms with E-state index in [-0.39, 0.29) is 23.6 Å². The molecule has 38 heavy (non-hydrogen) atoms. The van der Waals surface area contributed by atoms with Gasteiger partial charge in [-0.25, -0.2) is 9.78 Å². The molecule has 2 aromatic carbocycles. The van der Waals surface area contributed by atoms with Crippen LogP contribution < -0.4 is 10.2 Å². The van der Waals surface area contributed by atoms with Crippen LogP contribution in [-0.2, 0) is 4.79 Å². The van der Waals surface area contributed by atoms with Gasteiger partial charge in [0.15, 0.2) is 0 Å². The molecule has 0 radical (unpaired) electrons. The summed E-state index contributed by atoms with van der Waals surface area (Å²) in [5.41, 5.74) is 3.60. The molecule has 0 aliphatic carbocycles. The maximum absolute atomic E-state index is 13.2. The van der Waals surface area contributed by atoms with Crippen LogP contribution in [0.25, 0.3) is 22.4 Å². The Morgan fingerprint density at radius 1 is 1.18 bits per heavy atom. The first kappa shape index (κ1) is 26.6. The number of hydrogen-bond acceptors (Lipinski definition) is 6. The van der Waals surface area contributed by atoms with Gasteiger partial charge in [0.05, 0.1) is 28.4 Å². The van der Waals surface area contributed by atoms with E-state index in [0.29, 0.717) is 30.0 Å². The molecule has 4 rings (SSSR count). The number of nitro benzene ring substituents is 1. The summed E-state index contributed by atoms with van der Waals surface area (Å²) in [7, 11) is 3.86. The van der Waals surface area contributed by atoms with Crippen LogP contribution in [-0.4, -0.2) is 63.6 Å². The molecule has 1 aliphatic heterocycles. The zero-order chi connectivity index (χ0) is 27.6. The van der Waals surface area contributed by atoms with Crippen molar-refractivity contribution in [3.8, 4) is 22.4 Å². The highest BCUT2D eigenvalue weighted by Gasteiger charge is 2.37. The number of nitrogens with one attached hydrogen (secondary N) is 2. The largest absolute Gasteiger partial charge is 0.465 e. The predicted molar refractivity (Wildman–Crippen MR) is 144 cm³/mol. The van der Waals surface area contributed by atoms with Gasteiger partial charge in [-0.2, -0.15) is 0 Å². The van der Waals surface area contributed by atoms with E-state index in [1.807, 2.05) is 43.3 Å². The minimum atomic E-state index is -1.24. The number of benzene rings is 2. The number of nitro groups is 1. The Kier molecular flexibility index (Phi) is 7.65. The van der Waals surface area contributed by atoms with Gasteiger partial charge in [0, 0.05) is 38.0 Å². The number of aromatic amines is 1. The van der Waals surface area contributed by atoms with Crippen LogP contribution in [0.2, 0.25) is 0 Å². The Labute approximate surface area is 220 Å². The number of aromatic nitrogens is 2. The summed E-state index contributed by atoms with van der Waals surface area (Å²) >= 11 is 0. The summed E-state index contributed by atoms with van der Waals surface area (Å²) in [6, 6.07) is 11.3. The molecule has 2 amide bonds. The van der Waals surface area contributed by atoms with Crippen molar-refractivity contribution in [2.24, 2.45) is 5.92 Å². The fraction of sp³-hybridized carbons (Fsp3) is 0.370. The number of anilines is 1. The van der Waals surface area contributed by atoms with Gasteiger partial charge in [-0.1, -0.05) is 26.0 Å². The number of carbonyl (C=O) groups excluding carboxylic acids is 1. The lowest BCUT2D eigenvalue weighted by Gasteiger charge is -2.29. The number of hydrogen-bond donors (Lipinski definition) is 3. The third-order valence-corrected chi connectivity index (χ3v) is 6.86. The van der Waals surface area contributed by atoms with Gasteiger partial charge in [0.25, 0.3) is 5.69 Å². The lowest BCUT2D eigenvalue weighted by Crippen LogP contribution is -2.50. The van der Waals surface area contributed by atoms with E-state index in [2.05, 4.69) is 15.3 Å². The molecule has 1 fully saturated rings. The zero-order valence-corrected chi connectivity index (χ0v) is 21.8. The lowest BCUT2D eigenvalue weighted by molar-refractivity contribution is -0.384. The second-order valence-electron chi connectivity index (χ2n) is 9.97. The maximum Gasteiger partial charge on any atom is 0.405 e. The Morgan fingerprint density at radius 2 is 1.87 bits per heavy atom. The molecule has 1 saturated heterocycles. The van der Waals surface area contributed by atoms with Crippen LogP contribution >= 0.6 is 0 Å². The summed E-state index contributed by atoms with van der Waals surface area (Å²) < 4.78 is 0. The SMILES string of the molecule is CC(C)[C@H](NC(=O)O)C(=O)N1CCC[C@H]1c1ncc(-c2ccc([N+](=O)[O-])c(-c3ccc(N(C)C)cc3)c2)[nH]1. The molecule has 2 heterocycles. The Bertz CT molecular complexity index is 1330. The highest BCUT2D eigenvalue weighted by atomic mass is 16.6. The van der Waals surface area contributed by atoms with E-state index >= 15 is 0 Å². The first-order chi connectivity index (χ1) is 18.1. The molecule has 11 nitrogen and oxygen atoms in total. The summed E-state index contributed by atoms with van der Waals surface area (Å²) in [5.74, 6) is 0.109. The molecule has 0 saturated carbocycles. The van der Waals surface area contributed by atoms with Crippen LogP contribution in [0.4, 0.5) is 16.2 Å². The quantitative estimate of drug-likeness (QED) is 0.289. The predicted octanol–water partition coefficient (Wildman–Crippen LogP) is 4.67. The molecule has 3 aromatic rings. The topological polar surface area (TPSA) is 145 Å². The first-order valence-corrected chi connectivity index (χ1v) is 12.5. The van der Waals surface area contributed by atoms with Crippen molar-refractivity contribution in [3.05, 3.63) is 64.6 Å². The molecule has 0 bridgehead atoms. The van der Waals surface area contributed by atoms with Crippen molar-refractivity contribution in [3.63, 3.8) is 0 Å². The Morgan fingerprint density at radius 3 is 2.47 bits per heavy atom. The van der Waals surface area contributed by atoms with Crippen molar-refractivity contribution < 1.29 is 19.6 Å². The summed E-state index contributed by atoms with van der Waals surface area (Å²) in [6.07, 6.45) is 1.89. The van der Waals surface area contributed by atoms with E-state index in [0.717, 1.165) is 23.2 Å². The van der Waals surface area contributed by atoms with Crippen molar-refractivity contribution in [2.75, 3.05) is 25.5 Å². The molecular weight excluding hydrogens is 488 g/mol. The Hall–Kier alpha value is -4.41. The number of likely N-dealkylation sites (tertiary alicyclic amines) is 1. The second-order valence-corrected chi connectivity index (χ2v) is 9.97. The summed E-state index contributed by atoms with van der Waals surface area (Å²) in [6.45, 7) is 4.11. The third kappa shape index (κ3) is 5.46. The van der Waals surface area contributed by atoms with Crippen LogP contribution in [0.3, 0.4) is 0 Å². The minimum absolute atomic E-state index is 0.00399. The van der Waals surface area contributed by atoms with E-state index in [9.17, 15) is 24.8 Å². The zero-order valence-electron chi connectivity index (χ0n) is 21.8. The summed E-state index contributed by atoms with van der Waals surface area (Å²) in [5, 5.41) is 23.3. The van der Waals surface area contributed by atoms with E-state index in [1.165, 1.54) is 6.07 Å². The van der Waals surface area contributed by atoms with Gasteiger partial charge in [-0.3, -0.25) is 14.9 Å². The van der Waals surface area contributed by atoms with Gasteiger partial charge >= 0.3 is 6.09 Å². The van der Waals surface area contributed by atoms with Crippen molar-refractivity contribution in [1.29, 1.82) is 0 Å². The summed E-state index contributed by atoms with van der Waals surface area (Å²) in [4.78, 5) is 47.3. The van der Waals surface area contributed by atoms with Crippen LogP contribution in [0.15, 0.2) is 48.7 Å². The molecule has 200 valence electrons. The number of carbonyl (C=O) groups is 2. The number of nitrogens with zero attached hydrogens (tertiary/aromatic N) is 4. The first-order valence-electron chi connectivity index (χ1n) is 12.5. The second kappa shape index (κ2) is 10.9. The van der Waals surface area contributed by atoms with Gasteiger partial charge in [-0.05, 0) is 48.6 Å². The van der Waals surface area contributed by atoms with Crippen molar-refractivity contribution >= 4 is 23.4 Å². The fourth-order valence-corrected chi connectivity index (χ4v) is 4.83. The average Bonchev–Trinajstić information content (AvgIpc) is 3.56. The maximum atomic E-state index is 13.2. The molecule has 2 atom stereocenters. The van der Waals surface area contributed by atoms with E-state index in [1.54, 1.807) is 37.1 Å². The molecular formula is C27H32N6O5. The van der Waals surface area contributed by atoms with E-state index < -0.39 is 17.1 Å². The highest BCUT2D eigenvalue weighted by molar-refractivity contribution is 5.86. The highest BCUT2D eigenvalue weighted by Crippen LogP contribution is 2.36. The number of imidazole rings is 1. The number of rotatable bonds is 8. The molecule has 0 spiro atoms. The van der Waals surface area contributed by atoms with Gasteiger partial charge in [0.2, 0.25) is 5.91 Å². The van der Waals surface area contributed by atoms with Crippen LogP contribution in [0, 0.1) is 16.0 Å². The van der Waals surface area contributed by atoms with Crippen LogP contribution in [0.5, 0.6) is 0 Å². The van der Waals surface area contributed by atoms with Gasteiger partial charge < -0.3 is 25.2 Å². The number of carboxylic acid groups (broad SMARTS) is 1. The molecule has 3 N–H and O–H groups in total. The molecule has 1 aliphatic rings. The fourth-order valence-electron chi connectivity index (χ4n) is 4.83. The number of amides is 2. The van der Waals surface area contributed by atoms with E-state index in [4.69, 9.17) is 0 Å². The average molecular weight is 521 g/mol. The molecule has 0 unspecified atom stereocenters. The minimum Gasteiger partial charge on any atom is -0.465 e. The number of H-pyrrole nitrogens is 1. The monoisotopic (exact) mass is 520 g/mol. The lowest BCUT2D eigenvalue weighted by atomic mass is 9.99. The standard InChI is InChI=1S/C27H32N6O5/c1-16(2)24(30-27(35)36)26(34)32-13-5-6-23(32)25-28-15-21(29-25)18-9-12-22(33(37)38)20(14-18)17-7-10-19(11-8-17)31(3)4/h7-12,14-16,23-24,30H,5-6,13H2,1-4H3,(H,28,29)(H,35,36)/t23-,24-/m0/s1. The van der Waals surface area contributed by atoms with Crippen molar-refractivity contribution in [1.82, 2.24) is 20.2 Å². The van der Waals surface area contributed by atoms with Gasteiger partial charge in [0.1, 0.15) is 11.9 Å². The van der Waals surface area contributed by atoms with Crippen LogP contribution in [0.1, 0.15) is 38.6 Å². The molecule has 1 aromatic heterocycles. The Balaban J connectivity index is 1.64. The smallest absolute Gasteiger partial charge is 0.405 e. The van der Waals surface area contributed by atoms with Gasteiger partial charge in [-0.15, -0.1) is 0 Å². The van der Waals surface area contributed by atoms with Crippen molar-refractivity contribution in [2.45, 2.75) is 38.8 Å².